The first-order chi connectivity index (χ1) is 7.84. The Kier molecular flexibility index (Phi) is 4.31. The molecule has 1 aliphatic heterocycles. The Bertz CT molecular complexity index is 299. The maximum Gasteiger partial charge on any atom is 0.0270 e. The van der Waals surface area contributed by atoms with Gasteiger partial charge in [0.2, 0.25) is 0 Å². The van der Waals surface area contributed by atoms with Crippen LogP contribution in [0.3, 0.4) is 0 Å². The van der Waals surface area contributed by atoms with E-state index < -0.39 is 0 Å². The third-order valence-corrected chi connectivity index (χ3v) is 3.28. The van der Waals surface area contributed by atoms with E-state index in [2.05, 4.69) is 34.0 Å². The molecule has 0 saturated carbocycles. The van der Waals surface area contributed by atoms with E-state index in [1.165, 1.54) is 44.7 Å². The third-order valence-electron chi connectivity index (χ3n) is 3.28. The monoisotopic (exact) mass is 219 g/mol. The van der Waals surface area contributed by atoms with E-state index in [0.717, 1.165) is 6.42 Å². The highest BCUT2D eigenvalue weighted by Gasteiger charge is 2.11. The average molecular weight is 219 g/mol. The smallest absolute Gasteiger partial charge is 0.0270 e. The Morgan fingerprint density at radius 2 is 1.94 bits per heavy atom. The molecule has 0 radical (unpaired) electrons. The Hall–Kier alpha value is -0.930. The summed E-state index contributed by atoms with van der Waals surface area (Å²) >= 11 is 0. The van der Waals surface area contributed by atoms with Gasteiger partial charge in [-0.1, -0.05) is 0 Å². The summed E-state index contributed by atoms with van der Waals surface area (Å²) in [7, 11) is 2.21. The lowest BCUT2D eigenvalue weighted by molar-refractivity contribution is 0.279. The molecular weight excluding hydrogens is 198 g/mol. The number of hydrogen-bond acceptors (Lipinski definition) is 3. The molecule has 0 aliphatic carbocycles. The molecule has 2 rings (SSSR count). The van der Waals surface area contributed by atoms with Crippen LogP contribution in [0.1, 0.15) is 12.0 Å². The van der Waals surface area contributed by atoms with Crippen LogP contribution in [-0.2, 0) is 6.42 Å². The molecule has 0 bridgehead atoms. The summed E-state index contributed by atoms with van der Waals surface area (Å²) in [6, 6.07) is 4.23. The van der Waals surface area contributed by atoms with Crippen LogP contribution in [0.25, 0.3) is 0 Å². The van der Waals surface area contributed by atoms with Crippen LogP contribution in [0.15, 0.2) is 24.5 Å². The summed E-state index contributed by atoms with van der Waals surface area (Å²) in [6.07, 6.45) is 6.20. The van der Waals surface area contributed by atoms with E-state index in [4.69, 9.17) is 0 Å². The van der Waals surface area contributed by atoms with E-state index in [0.29, 0.717) is 0 Å². The summed E-state index contributed by atoms with van der Waals surface area (Å²) in [5.41, 5.74) is 1.40. The molecule has 1 fully saturated rings. The molecule has 0 atom stereocenters. The van der Waals surface area contributed by atoms with Crippen LogP contribution in [0.5, 0.6) is 0 Å². The maximum absolute atomic E-state index is 4.04. The highest BCUT2D eigenvalue weighted by Crippen LogP contribution is 2.04. The normalized spacial score (nSPS) is 19.6. The highest BCUT2D eigenvalue weighted by molar-refractivity contribution is 5.09. The molecule has 3 nitrogen and oxygen atoms in total. The molecular formula is C13H21N3. The van der Waals surface area contributed by atoms with Crippen molar-refractivity contribution in [3.63, 3.8) is 0 Å². The van der Waals surface area contributed by atoms with Gasteiger partial charge in [0.05, 0.1) is 0 Å². The zero-order valence-electron chi connectivity index (χ0n) is 10.1. The van der Waals surface area contributed by atoms with Gasteiger partial charge in [0.25, 0.3) is 0 Å². The van der Waals surface area contributed by atoms with Gasteiger partial charge in [-0.3, -0.25) is 4.98 Å². The van der Waals surface area contributed by atoms with Gasteiger partial charge in [-0.05, 0) is 50.7 Å². The number of pyridine rings is 1. The van der Waals surface area contributed by atoms with E-state index in [-0.39, 0.29) is 0 Å². The standard InChI is InChI=1S/C13H21N3/c1-15-8-2-9-16(12-11-15)10-5-13-3-6-14-7-4-13/h3-4,6-7H,2,5,8-12H2,1H3. The lowest BCUT2D eigenvalue weighted by Crippen LogP contribution is -2.30. The first-order valence-corrected chi connectivity index (χ1v) is 6.14. The Morgan fingerprint density at radius 1 is 1.12 bits per heavy atom. The fraction of sp³-hybridized carbons (Fsp3) is 0.615. The van der Waals surface area contributed by atoms with Crippen molar-refractivity contribution in [3.8, 4) is 0 Å². The van der Waals surface area contributed by atoms with Crippen molar-refractivity contribution in [1.82, 2.24) is 14.8 Å². The summed E-state index contributed by atoms with van der Waals surface area (Å²) in [5, 5.41) is 0. The minimum absolute atomic E-state index is 1.15. The largest absolute Gasteiger partial charge is 0.305 e. The van der Waals surface area contributed by atoms with Crippen LogP contribution in [0.4, 0.5) is 0 Å². The predicted octanol–water partition coefficient (Wildman–Crippen LogP) is 1.26. The zero-order chi connectivity index (χ0) is 11.2. The van der Waals surface area contributed by atoms with Crippen molar-refractivity contribution in [2.24, 2.45) is 0 Å². The number of nitrogens with zero attached hydrogens (tertiary/aromatic N) is 3. The van der Waals surface area contributed by atoms with Gasteiger partial charge in [0.15, 0.2) is 0 Å². The Balaban J connectivity index is 1.77. The van der Waals surface area contributed by atoms with Crippen molar-refractivity contribution < 1.29 is 0 Å². The van der Waals surface area contributed by atoms with Crippen LogP contribution in [0.2, 0.25) is 0 Å². The molecule has 16 heavy (non-hydrogen) atoms. The molecule has 1 aromatic rings. The van der Waals surface area contributed by atoms with Crippen molar-refractivity contribution in [1.29, 1.82) is 0 Å². The molecule has 1 aliphatic rings. The molecule has 2 heterocycles. The molecule has 88 valence electrons. The molecule has 0 aromatic carbocycles. The van der Waals surface area contributed by atoms with Crippen LogP contribution >= 0.6 is 0 Å². The van der Waals surface area contributed by atoms with E-state index >= 15 is 0 Å². The van der Waals surface area contributed by atoms with Gasteiger partial charge in [-0.2, -0.15) is 0 Å². The first kappa shape index (κ1) is 11.6. The topological polar surface area (TPSA) is 19.4 Å². The number of aromatic nitrogens is 1. The number of rotatable bonds is 3. The van der Waals surface area contributed by atoms with Gasteiger partial charge in [-0.25, -0.2) is 0 Å². The molecule has 1 saturated heterocycles. The minimum Gasteiger partial charge on any atom is -0.305 e. The van der Waals surface area contributed by atoms with Crippen molar-refractivity contribution in [2.45, 2.75) is 12.8 Å². The molecule has 1 aromatic heterocycles. The summed E-state index contributed by atoms with van der Waals surface area (Å²) in [4.78, 5) is 9.04. The fourth-order valence-electron chi connectivity index (χ4n) is 2.16. The third kappa shape index (κ3) is 3.58. The zero-order valence-corrected chi connectivity index (χ0v) is 10.1. The van der Waals surface area contributed by atoms with Crippen molar-refractivity contribution in [2.75, 3.05) is 39.8 Å². The van der Waals surface area contributed by atoms with Gasteiger partial charge in [0.1, 0.15) is 0 Å². The second kappa shape index (κ2) is 5.97. The predicted molar refractivity (Wildman–Crippen MR) is 66.5 cm³/mol. The van der Waals surface area contributed by atoms with Crippen LogP contribution < -0.4 is 0 Å². The van der Waals surface area contributed by atoms with Crippen LogP contribution in [-0.4, -0.2) is 54.6 Å². The SMILES string of the molecule is CN1CCCN(CCc2ccncc2)CC1. The van der Waals surface area contributed by atoms with Gasteiger partial charge >= 0.3 is 0 Å². The number of hydrogen-bond donors (Lipinski definition) is 0. The Morgan fingerprint density at radius 3 is 2.75 bits per heavy atom. The summed E-state index contributed by atoms with van der Waals surface area (Å²) in [5.74, 6) is 0. The fourth-order valence-corrected chi connectivity index (χ4v) is 2.16. The molecule has 0 N–H and O–H groups in total. The molecule has 0 unspecified atom stereocenters. The lowest BCUT2D eigenvalue weighted by atomic mass is 10.2. The van der Waals surface area contributed by atoms with Crippen LogP contribution in [0, 0.1) is 0 Å². The van der Waals surface area contributed by atoms with E-state index in [1.54, 1.807) is 0 Å². The minimum atomic E-state index is 1.15. The van der Waals surface area contributed by atoms with Crippen molar-refractivity contribution in [3.05, 3.63) is 30.1 Å². The van der Waals surface area contributed by atoms with E-state index in [9.17, 15) is 0 Å². The molecule has 3 heteroatoms. The maximum atomic E-state index is 4.04. The molecule has 0 amide bonds. The summed E-state index contributed by atoms with van der Waals surface area (Å²) < 4.78 is 0. The Labute approximate surface area is 98.1 Å². The van der Waals surface area contributed by atoms with E-state index in [1.807, 2.05) is 12.4 Å². The second-order valence-electron chi connectivity index (χ2n) is 4.60. The van der Waals surface area contributed by atoms with Gasteiger partial charge < -0.3 is 9.80 Å². The average Bonchev–Trinajstić information content (AvgIpc) is 2.53. The quantitative estimate of drug-likeness (QED) is 0.763. The molecule has 0 spiro atoms. The lowest BCUT2D eigenvalue weighted by Gasteiger charge is -2.19. The second-order valence-corrected chi connectivity index (χ2v) is 4.60. The van der Waals surface area contributed by atoms with Gasteiger partial charge in [0, 0.05) is 32.0 Å². The summed E-state index contributed by atoms with van der Waals surface area (Å²) in [6.45, 7) is 6.08. The first-order valence-electron chi connectivity index (χ1n) is 6.14. The van der Waals surface area contributed by atoms with Crippen molar-refractivity contribution >= 4 is 0 Å². The van der Waals surface area contributed by atoms with Gasteiger partial charge in [-0.15, -0.1) is 0 Å². The highest BCUT2D eigenvalue weighted by atomic mass is 15.2. The number of likely N-dealkylation sites (N-methyl/N-ethyl adjacent to an activating group) is 1.